The molecule has 0 spiro atoms. The first kappa shape index (κ1) is 13.3. The highest BCUT2D eigenvalue weighted by atomic mass is 16.6. The summed E-state index contributed by atoms with van der Waals surface area (Å²) >= 11 is 0. The van der Waals surface area contributed by atoms with Gasteiger partial charge >= 0.3 is 6.09 Å². The number of amides is 1. The van der Waals surface area contributed by atoms with Crippen molar-refractivity contribution in [1.82, 2.24) is 10.6 Å². The first-order chi connectivity index (χ1) is 7.47. The largest absolute Gasteiger partial charge is 0.444 e. The SMILES string of the molecule is CC(C)(C)OC(=O)NCC1CNCCOC1. The average Bonchev–Trinajstić information content (AvgIpc) is 2.39. The van der Waals surface area contributed by atoms with Crippen LogP contribution in [0.3, 0.4) is 0 Å². The van der Waals surface area contributed by atoms with Crippen molar-refractivity contribution in [2.24, 2.45) is 5.92 Å². The van der Waals surface area contributed by atoms with Crippen LogP contribution < -0.4 is 10.6 Å². The normalized spacial score (nSPS) is 22.3. The Hall–Kier alpha value is -0.810. The molecule has 0 radical (unpaired) electrons. The standard InChI is InChI=1S/C11H22N2O3/c1-11(2,3)16-10(14)13-7-9-6-12-4-5-15-8-9/h9,12H,4-8H2,1-3H3,(H,13,14). The Balaban J connectivity index is 2.20. The van der Waals surface area contributed by atoms with E-state index in [1.165, 1.54) is 0 Å². The maximum atomic E-state index is 11.4. The first-order valence-corrected chi connectivity index (χ1v) is 5.73. The van der Waals surface area contributed by atoms with Crippen LogP contribution in [0.1, 0.15) is 20.8 Å². The number of carbonyl (C=O) groups is 1. The van der Waals surface area contributed by atoms with Gasteiger partial charge in [-0.25, -0.2) is 4.79 Å². The molecule has 0 aromatic carbocycles. The van der Waals surface area contributed by atoms with Crippen molar-refractivity contribution in [3.63, 3.8) is 0 Å². The van der Waals surface area contributed by atoms with E-state index >= 15 is 0 Å². The van der Waals surface area contributed by atoms with Crippen molar-refractivity contribution in [1.29, 1.82) is 0 Å². The summed E-state index contributed by atoms with van der Waals surface area (Å²) in [6.45, 7) is 9.31. The van der Waals surface area contributed by atoms with Crippen LogP contribution in [0.15, 0.2) is 0 Å². The lowest BCUT2D eigenvalue weighted by Gasteiger charge is -2.21. The zero-order valence-corrected chi connectivity index (χ0v) is 10.3. The van der Waals surface area contributed by atoms with Crippen molar-refractivity contribution in [2.45, 2.75) is 26.4 Å². The monoisotopic (exact) mass is 230 g/mol. The third-order valence-corrected chi connectivity index (χ3v) is 2.14. The summed E-state index contributed by atoms with van der Waals surface area (Å²) in [6, 6.07) is 0. The molecule has 1 fully saturated rings. The van der Waals surface area contributed by atoms with E-state index in [1.54, 1.807) is 0 Å². The molecule has 1 unspecified atom stereocenters. The van der Waals surface area contributed by atoms with E-state index in [4.69, 9.17) is 9.47 Å². The summed E-state index contributed by atoms with van der Waals surface area (Å²) in [6.07, 6.45) is -0.364. The summed E-state index contributed by atoms with van der Waals surface area (Å²) in [7, 11) is 0. The number of carbonyl (C=O) groups excluding carboxylic acids is 1. The van der Waals surface area contributed by atoms with Gasteiger partial charge in [-0.2, -0.15) is 0 Å². The molecular weight excluding hydrogens is 208 g/mol. The number of rotatable bonds is 2. The van der Waals surface area contributed by atoms with Crippen molar-refractivity contribution < 1.29 is 14.3 Å². The summed E-state index contributed by atoms with van der Waals surface area (Å²) in [4.78, 5) is 11.4. The molecule has 1 heterocycles. The highest BCUT2D eigenvalue weighted by Crippen LogP contribution is 2.06. The summed E-state index contributed by atoms with van der Waals surface area (Å²) in [5.74, 6) is 0.315. The highest BCUT2D eigenvalue weighted by Gasteiger charge is 2.18. The summed E-state index contributed by atoms with van der Waals surface area (Å²) < 4.78 is 10.5. The van der Waals surface area contributed by atoms with Gasteiger partial charge in [0.15, 0.2) is 0 Å². The summed E-state index contributed by atoms with van der Waals surface area (Å²) in [5, 5.41) is 6.01. The second-order valence-corrected chi connectivity index (χ2v) is 5.03. The van der Waals surface area contributed by atoms with Crippen LogP contribution in [0, 0.1) is 5.92 Å². The number of alkyl carbamates (subject to hydrolysis) is 1. The Morgan fingerprint density at radius 3 is 3.00 bits per heavy atom. The molecule has 0 bridgehead atoms. The van der Waals surface area contributed by atoms with Crippen LogP contribution in [0.5, 0.6) is 0 Å². The first-order valence-electron chi connectivity index (χ1n) is 5.73. The Morgan fingerprint density at radius 1 is 1.56 bits per heavy atom. The van der Waals surface area contributed by atoms with E-state index in [0.717, 1.165) is 19.7 Å². The van der Waals surface area contributed by atoms with Crippen LogP contribution in [0.2, 0.25) is 0 Å². The molecule has 0 saturated carbocycles. The Labute approximate surface area is 96.9 Å². The number of nitrogens with one attached hydrogen (secondary N) is 2. The molecule has 2 N–H and O–H groups in total. The fourth-order valence-electron chi connectivity index (χ4n) is 1.43. The average molecular weight is 230 g/mol. The molecule has 5 nitrogen and oxygen atoms in total. The number of hydrogen-bond acceptors (Lipinski definition) is 4. The maximum absolute atomic E-state index is 11.4. The molecular formula is C11H22N2O3. The molecule has 1 aliphatic heterocycles. The van der Waals surface area contributed by atoms with Gasteiger partial charge in [0.05, 0.1) is 13.2 Å². The lowest BCUT2D eigenvalue weighted by Crippen LogP contribution is -2.38. The van der Waals surface area contributed by atoms with Crippen molar-refractivity contribution in [2.75, 3.05) is 32.8 Å². The lowest BCUT2D eigenvalue weighted by molar-refractivity contribution is 0.0505. The molecule has 1 aliphatic rings. The quantitative estimate of drug-likeness (QED) is 0.735. The van der Waals surface area contributed by atoms with E-state index in [2.05, 4.69) is 10.6 Å². The van der Waals surface area contributed by atoms with E-state index in [0.29, 0.717) is 19.1 Å². The van der Waals surface area contributed by atoms with Crippen LogP contribution in [-0.2, 0) is 9.47 Å². The van der Waals surface area contributed by atoms with Crippen LogP contribution in [-0.4, -0.2) is 44.5 Å². The summed E-state index contributed by atoms with van der Waals surface area (Å²) in [5.41, 5.74) is -0.442. The molecule has 1 rings (SSSR count). The van der Waals surface area contributed by atoms with E-state index < -0.39 is 5.60 Å². The minimum atomic E-state index is -0.442. The minimum absolute atomic E-state index is 0.315. The fraction of sp³-hybridized carbons (Fsp3) is 0.909. The predicted octanol–water partition coefficient (Wildman–Crippen LogP) is 0.747. The Bertz CT molecular complexity index is 218. The highest BCUT2D eigenvalue weighted by molar-refractivity contribution is 5.67. The van der Waals surface area contributed by atoms with Gasteiger partial charge in [-0.15, -0.1) is 0 Å². The molecule has 0 aromatic heterocycles. The number of hydrogen-bond donors (Lipinski definition) is 2. The smallest absolute Gasteiger partial charge is 0.407 e. The van der Waals surface area contributed by atoms with Gasteiger partial charge < -0.3 is 20.1 Å². The zero-order chi connectivity index (χ0) is 12.0. The van der Waals surface area contributed by atoms with Crippen molar-refractivity contribution in [3.05, 3.63) is 0 Å². The van der Waals surface area contributed by atoms with Gasteiger partial charge in [-0.05, 0) is 20.8 Å². The van der Waals surface area contributed by atoms with Gasteiger partial charge in [-0.3, -0.25) is 0 Å². The van der Waals surface area contributed by atoms with Crippen LogP contribution in [0.25, 0.3) is 0 Å². The van der Waals surface area contributed by atoms with Crippen molar-refractivity contribution >= 4 is 6.09 Å². The van der Waals surface area contributed by atoms with Gasteiger partial charge in [0.2, 0.25) is 0 Å². The van der Waals surface area contributed by atoms with Gasteiger partial charge in [0.25, 0.3) is 0 Å². The molecule has 0 aromatic rings. The third kappa shape index (κ3) is 5.92. The second-order valence-electron chi connectivity index (χ2n) is 5.03. The molecule has 1 amide bonds. The van der Waals surface area contributed by atoms with Gasteiger partial charge in [0, 0.05) is 25.6 Å². The third-order valence-electron chi connectivity index (χ3n) is 2.14. The molecule has 5 heteroatoms. The lowest BCUT2D eigenvalue weighted by atomic mass is 10.1. The minimum Gasteiger partial charge on any atom is -0.444 e. The fourth-order valence-corrected chi connectivity index (χ4v) is 1.43. The van der Waals surface area contributed by atoms with E-state index in [1.807, 2.05) is 20.8 Å². The zero-order valence-electron chi connectivity index (χ0n) is 10.3. The van der Waals surface area contributed by atoms with Crippen molar-refractivity contribution in [3.8, 4) is 0 Å². The van der Waals surface area contributed by atoms with Crippen LogP contribution >= 0.6 is 0 Å². The van der Waals surface area contributed by atoms with Crippen LogP contribution in [0.4, 0.5) is 4.79 Å². The van der Waals surface area contributed by atoms with Gasteiger partial charge in [-0.1, -0.05) is 0 Å². The van der Waals surface area contributed by atoms with E-state index in [-0.39, 0.29) is 6.09 Å². The predicted molar refractivity (Wildman–Crippen MR) is 61.4 cm³/mol. The molecule has 16 heavy (non-hydrogen) atoms. The van der Waals surface area contributed by atoms with Gasteiger partial charge in [0.1, 0.15) is 5.60 Å². The Kier molecular flexibility index (Phi) is 5.02. The topological polar surface area (TPSA) is 59.6 Å². The Morgan fingerprint density at radius 2 is 2.31 bits per heavy atom. The molecule has 1 atom stereocenters. The van der Waals surface area contributed by atoms with E-state index in [9.17, 15) is 4.79 Å². The maximum Gasteiger partial charge on any atom is 0.407 e. The molecule has 94 valence electrons. The molecule has 1 saturated heterocycles. The molecule has 0 aliphatic carbocycles. The second kappa shape index (κ2) is 6.06. The number of ether oxygens (including phenoxy) is 2.